The minimum Gasteiger partial charge on any atom is -0.497 e. The number of benzene rings is 3. The van der Waals surface area contributed by atoms with E-state index in [1.807, 2.05) is 31.2 Å². The van der Waals surface area contributed by atoms with Crippen molar-refractivity contribution in [3.8, 4) is 17.2 Å². The van der Waals surface area contributed by atoms with Gasteiger partial charge in [-0.1, -0.05) is 29.8 Å². The third-order valence-electron chi connectivity index (χ3n) is 4.87. The fourth-order valence-corrected chi connectivity index (χ4v) is 4.02. The van der Waals surface area contributed by atoms with Gasteiger partial charge < -0.3 is 19.5 Å². The predicted octanol–water partition coefficient (Wildman–Crippen LogP) is 6.56. The second-order valence-electron chi connectivity index (χ2n) is 7.10. The van der Waals surface area contributed by atoms with E-state index < -0.39 is 5.82 Å². The van der Waals surface area contributed by atoms with Crippen LogP contribution < -0.4 is 19.5 Å². The van der Waals surface area contributed by atoms with Crippen LogP contribution in [-0.4, -0.2) is 20.3 Å². The van der Waals surface area contributed by atoms with Gasteiger partial charge in [0.05, 0.1) is 23.2 Å². The van der Waals surface area contributed by atoms with Gasteiger partial charge in [-0.25, -0.2) is 4.39 Å². The molecule has 32 heavy (non-hydrogen) atoms. The van der Waals surface area contributed by atoms with E-state index >= 15 is 0 Å². The molecule has 0 saturated carbocycles. The normalized spacial score (nSPS) is 10.8. The number of hydrogen-bond acceptors (Lipinski definition) is 4. The van der Waals surface area contributed by atoms with Crippen LogP contribution >= 0.6 is 27.5 Å². The highest BCUT2D eigenvalue weighted by Crippen LogP contribution is 2.38. The molecule has 170 valence electrons. The first-order valence-electron chi connectivity index (χ1n) is 10.4. The molecule has 0 aliphatic carbocycles. The summed E-state index contributed by atoms with van der Waals surface area (Å²) in [4.78, 5) is 0. The highest BCUT2D eigenvalue weighted by Gasteiger charge is 2.15. The molecule has 0 radical (unpaired) electrons. The zero-order valence-electron chi connectivity index (χ0n) is 18.1. The molecule has 0 aliphatic heterocycles. The van der Waals surface area contributed by atoms with Gasteiger partial charge in [-0.2, -0.15) is 0 Å². The molecule has 4 nitrogen and oxygen atoms in total. The average Bonchev–Trinajstić information content (AvgIpc) is 2.78. The molecule has 1 N–H and O–H groups in total. The Morgan fingerprint density at radius 3 is 2.50 bits per heavy atom. The third kappa shape index (κ3) is 6.61. The Labute approximate surface area is 201 Å². The van der Waals surface area contributed by atoms with E-state index in [4.69, 9.17) is 25.8 Å². The molecule has 0 aromatic heterocycles. The first kappa shape index (κ1) is 24.4. The van der Waals surface area contributed by atoms with E-state index in [0.29, 0.717) is 35.2 Å². The zero-order chi connectivity index (χ0) is 22.9. The molecular weight excluding hydrogens is 497 g/mol. The molecule has 0 unspecified atom stereocenters. The monoisotopic (exact) mass is 521 g/mol. The topological polar surface area (TPSA) is 39.7 Å². The number of ether oxygens (including phenoxy) is 3. The predicted molar refractivity (Wildman–Crippen MR) is 129 cm³/mol. The summed E-state index contributed by atoms with van der Waals surface area (Å²) in [5.41, 5.74) is 2.60. The van der Waals surface area contributed by atoms with Crippen LogP contribution in [0.3, 0.4) is 0 Å². The Bertz CT molecular complexity index is 1010. The van der Waals surface area contributed by atoms with Crippen molar-refractivity contribution < 1.29 is 18.6 Å². The number of rotatable bonds is 11. The quantitative estimate of drug-likeness (QED) is 0.290. The molecule has 0 fully saturated rings. The van der Waals surface area contributed by atoms with Crippen molar-refractivity contribution in [2.24, 2.45) is 0 Å². The van der Waals surface area contributed by atoms with Gasteiger partial charge in [0.25, 0.3) is 0 Å². The SMILES string of the molecule is CCOc1cc(CNCCc2ccc(OC)cc2)cc(Br)c1OCc1c(F)cccc1Cl. The Balaban J connectivity index is 1.62. The van der Waals surface area contributed by atoms with Crippen molar-refractivity contribution in [2.75, 3.05) is 20.3 Å². The maximum absolute atomic E-state index is 14.1. The fourth-order valence-electron chi connectivity index (χ4n) is 3.20. The van der Waals surface area contributed by atoms with Gasteiger partial charge in [0.2, 0.25) is 0 Å². The molecule has 0 spiro atoms. The summed E-state index contributed by atoms with van der Waals surface area (Å²) in [5.74, 6) is 1.58. The lowest BCUT2D eigenvalue weighted by atomic mass is 10.1. The smallest absolute Gasteiger partial charge is 0.175 e. The number of nitrogens with one attached hydrogen (secondary N) is 1. The summed E-state index contributed by atoms with van der Waals surface area (Å²) >= 11 is 9.68. The highest BCUT2D eigenvalue weighted by molar-refractivity contribution is 9.10. The third-order valence-corrected chi connectivity index (χ3v) is 5.81. The second kappa shape index (κ2) is 12.1. The molecule has 7 heteroatoms. The largest absolute Gasteiger partial charge is 0.497 e. The van der Waals surface area contributed by atoms with Crippen molar-refractivity contribution in [2.45, 2.75) is 26.5 Å². The van der Waals surface area contributed by atoms with Crippen molar-refractivity contribution in [1.82, 2.24) is 5.32 Å². The van der Waals surface area contributed by atoms with Crippen LogP contribution in [0.2, 0.25) is 5.02 Å². The molecule has 3 aromatic carbocycles. The molecule has 0 saturated heterocycles. The number of hydrogen-bond donors (Lipinski definition) is 1. The van der Waals surface area contributed by atoms with Gasteiger partial charge in [0.1, 0.15) is 18.2 Å². The van der Waals surface area contributed by atoms with Crippen LogP contribution in [0.4, 0.5) is 4.39 Å². The van der Waals surface area contributed by atoms with Crippen molar-refractivity contribution in [3.63, 3.8) is 0 Å². The van der Waals surface area contributed by atoms with E-state index in [2.05, 4.69) is 33.4 Å². The standard InChI is InChI=1S/C25H26BrClFNO3/c1-3-31-24-14-18(15-29-12-11-17-7-9-19(30-2)10-8-17)13-21(26)25(24)32-16-20-22(27)5-4-6-23(20)28/h4-10,13-14,29H,3,11-12,15-16H2,1-2H3. The summed E-state index contributed by atoms with van der Waals surface area (Å²) in [5, 5.41) is 3.78. The van der Waals surface area contributed by atoms with Gasteiger partial charge in [-0.3, -0.25) is 0 Å². The van der Waals surface area contributed by atoms with E-state index in [0.717, 1.165) is 28.8 Å². The van der Waals surface area contributed by atoms with Crippen LogP contribution in [0, 0.1) is 5.82 Å². The van der Waals surface area contributed by atoms with E-state index in [1.165, 1.54) is 11.6 Å². The Morgan fingerprint density at radius 2 is 1.81 bits per heavy atom. The van der Waals surface area contributed by atoms with Crippen LogP contribution in [0.25, 0.3) is 0 Å². The van der Waals surface area contributed by atoms with Crippen LogP contribution in [0.5, 0.6) is 17.2 Å². The minimum atomic E-state index is -0.399. The molecule has 0 heterocycles. The lowest BCUT2D eigenvalue weighted by molar-refractivity contribution is 0.264. The van der Waals surface area contributed by atoms with E-state index in [9.17, 15) is 4.39 Å². The molecule has 3 aromatic rings. The second-order valence-corrected chi connectivity index (χ2v) is 8.36. The van der Waals surface area contributed by atoms with Crippen LogP contribution in [0.15, 0.2) is 59.1 Å². The summed E-state index contributed by atoms with van der Waals surface area (Å²) in [6.07, 6.45) is 0.911. The lowest BCUT2D eigenvalue weighted by Gasteiger charge is -2.16. The Kier molecular flexibility index (Phi) is 9.21. The van der Waals surface area contributed by atoms with Crippen LogP contribution in [-0.2, 0) is 19.6 Å². The highest BCUT2D eigenvalue weighted by atomic mass is 79.9. The van der Waals surface area contributed by atoms with Gasteiger partial charge in [-0.05, 0) is 83.3 Å². The summed E-state index contributed by atoms with van der Waals surface area (Å²) in [6, 6.07) is 16.6. The number of halogens is 3. The first-order valence-corrected chi connectivity index (χ1v) is 11.5. The molecule has 0 atom stereocenters. The molecule has 3 rings (SSSR count). The Hall–Kier alpha value is -2.28. The maximum Gasteiger partial charge on any atom is 0.175 e. The van der Waals surface area contributed by atoms with E-state index in [1.54, 1.807) is 19.2 Å². The Morgan fingerprint density at radius 1 is 1.03 bits per heavy atom. The maximum atomic E-state index is 14.1. The first-order chi connectivity index (χ1) is 15.5. The molecule has 0 amide bonds. The molecule has 0 aliphatic rings. The van der Waals surface area contributed by atoms with Gasteiger partial charge in [-0.15, -0.1) is 0 Å². The van der Waals surface area contributed by atoms with E-state index in [-0.39, 0.29) is 6.61 Å². The summed E-state index contributed by atoms with van der Waals surface area (Å²) < 4.78 is 31.7. The van der Waals surface area contributed by atoms with Crippen molar-refractivity contribution >= 4 is 27.5 Å². The number of methoxy groups -OCH3 is 1. The zero-order valence-corrected chi connectivity index (χ0v) is 20.4. The summed E-state index contributed by atoms with van der Waals surface area (Å²) in [7, 11) is 1.66. The average molecular weight is 523 g/mol. The minimum absolute atomic E-state index is 0.00361. The van der Waals surface area contributed by atoms with Crippen LogP contribution in [0.1, 0.15) is 23.6 Å². The van der Waals surface area contributed by atoms with Gasteiger partial charge in [0.15, 0.2) is 11.5 Å². The van der Waals surface area contributed by atoms with Gasteiger partial charge in [0, 0.05) is 12.1 Å². The van der Waals surface area contributed by atoms with Crippen molar-refractivity contribution in [3.05, 3.63) is 86.6 Å². The molecule has 0 bridgehead atoms. The fraction of sp³-hybridized carbons (Fsp3) is 0.280. The van der Waals surface area contributed by atoms with Gasteiger partial charge >= 0.3 is 0 Å². The summed E-state index contributed by atoms with van der Waals surface area (Å²) in [6.45, 7) is 3.90. The molecular formula is C25H26BrClFNO3. The lowest BCUT2D eigenvalue weighted by Crippen LogP contribution is -2.17. The van der Waals surface area contributed by atoms with Crippen molar-refractivity contribution in [1.29, 1.82) is 0 Å².